The smallest absolute Gasteiger partial charge is 0.00731 e. The SMILES string of the molecule is CCCCCc1ccc[c]c1-c1ccccc1. The third kappa shape index (κ3) is 3.20. The standard InChI is InChI=1S/C17H19/c1-2-3-5-10-15-13-8-9-14-17(15)16-11-6-4-7-12-16/h4,6-9,11-13H,2-3,5,10H2,1H3. The lowest BCUT2D eigenvalue weighted by atomic mass is 9.96. The van der Waals surface area contributed by atoms with Gasteiger partial charge in [-0.3, -0.25) is 0 Å². The molecule has 0 spiro atoms. The topological polar surface area (TPSA) is 0 Å². The zero-order valence-corrected chi connectivity index (χ0v) is 10.4. The van der Waals surface area contributed by atoms with Crippen LogP contribution in [0.4, 0.5) is 0 Å². The summed E-state index contributed by atoms with van der Waals surface area (Å²) < 4.78 is 0. The second-order valence-corrected chi connectivity index (χ2v) is 4.39. The summed E-state index contributed by atoms with van der Waals surface area (Å²) in [5, 5.41) is 0. The van der Waals surface area contributed by atoms with Crippen LogP contribution in [0, 0.1) is 6.07 Å². The highest BCUT2D eigenvalue weighted by Gasteiger charge is 2.03. The van der Waals surface area contributed by atoms with Gasteiger partial charge < -0.3 is 0 Å². The molecule has 0 heterocycles. The van der Waals surface area contributed by atoms with Crippen LogP contribution in [0.5, 0.6) is 0 Å². The van der Waals surface area contributed by atoms with Crippen molar-refractivity contribution in [1.29, 1.82) is 0 Å². The third-order valence-electron chi connectivity index (χ3n) is 3.05. The molecule has 0 aliphatic carbocycles. The van der Waals surface area contributed by atoms with E-state index in [-0.39, 0.29) is 0 Å². The van der Waals surface area contributed by atoms with E-state index < -0.39 is 0 Å². The molecule has 1 radical (unpaired) electrons. The lowest BCUT2D eigenvalue weighted by Gasteiger charge is -2.08. The van der Waals surface area contributed by atoms with Gasteiger partial charge in [-0.2, -0.15) is 0 Å². The molecule has 0 bridgehead atoms. The predicted molar refractivity (Wildman–Crippen MR) is 73.9 cm³/mol. The first kappa shape index (κ1) is 11.9. The molecule has 0 aromatic heterocycles. The van der Waals surface area contributed by atoms with Gasteiger partial charge in [0, 0.05) is 0 Å². The molecule has 0 heteroatoms. The van der Waals surface area contributed by atoms with Gasteiger partial charge in [-0.1, -0.05) is 68.3 Å². The molecule has 0 saturated heterocycles. The van der Waals surface area contributed by atoms with Crippen LogP contribution in [0.2, 0.25) is 0 Å². The fourth-order valence-electron chi connectivity index (χ4n) is 2.12. The van der Waals surface area contributed by atoms with Gasteiger partial charge in [0.25, 0.3) is 0 Å². The summed E-state index contributed by atoms with van der Waals surface area (Å²) in [4.78, 5) is 0. The van der Waals surface area contributed by atoms with Crippen molar-refractivity contribution in [3.63, 3.8) is 0 Å². The second kappa shape index (κ2) is 6.24. The first-order valence-corrected chi connectivity index (χ1v) is 6.47. The highest BCUT2D eigenvalue weighted by Crippen LogP contribution is 2.24. The van der Waals surface area contributed by atoms with Crippen molar-refractivity contribution in [3.05, 3.63) is 60.2 Å². The molecule has 0 N–H and O–H groups in total. The average molecular weight is 223 g/mol. The summed E-state index contributed by atoms with van der Waals surface area (Å²) in [6.07, 6.45) is 5.02. The first-order valence-electron chi connectivity index (χ1n) is 6.47. The van der Waals surface area contributed by atoms with Crippen molar-refractivity contribution in [2.24, 2.45) is 0 Å². The number of unbranched alkanes of at least 4 members (excludes halogenated alkanes) is 2. The molecule has 0 aliphatic rings. The molecule has 0 saturated carbocycles. The average Bonchev–Trinajstić information content (AvgIpc) is 2.41. The fourth-order valence-corrected chi connectivity index (χ4v) is 2.12. The van der Waals surface area contributed by atoms with Crippen LogP contribution in [0.15, 0.2) is 48.5 Å². The molecule has 17 heavy (non-hydrogen) atoms. The van der Waals surface area contributed by atoms with Crippen molar-refractivity contribution < 1.29 is 0 Å². The van der Waals surface area contributed by atoms with Crippen LogP contribution in [-0.2, 0) is 6.42 Å². The summed E-state index contributed by atoms with van der Waals surface area (Å²) in [5.74, 6) is 0. The summed E-state index contributed by atoms with van der Waals surface area (Å²) >= 11 is 0. The maximum atomic E-state index is 3.38. The van der Waals surface area contributed by atoms with Crippen LogP contribution in [0.3, 0.4) is 0 Å². The molecule has 0 atom stereocenters. The normalized spacial score (nSPS) is 10.4. The van der Waals surface area contributed by atoms with E-state index in [2.05, 4.69) is 55.5 Å². The molecule has 2 aromatic carbocycles. The van der Waals surface area contributed by atoms with Crippen LogP contribution in [-0.4, -0.2) is 0 Å². The number of hydrogen-bond donors (Lipinski definition) is 0. The van der Waals surface area contributed by atoms with Gasteiger partial charge >= 0.3 is 0 Å². The van der Waals surface area contributed by atoms with E-state index in [1.165, 1.54) is 36.0 Å². The molecule has 0 unspecified atom stereocenters. The minimum Gasteiger partial charge on any atom is -0.0654 e. The summed E-state index contributed by atoms with van der Waals surface area (Å²) in [6.45, 7) is 2.25. The molecule has 0 amide bonds. The van der Waals surface area contributed by atoms with Gasteiger partial charge in [0.15, 0.2) is 0 Å². The summed E-state index contributed by atoms with van der Waals surface area (Å²) in [6, 6.07) is 20.3. The van der Waals surface area contributed by atoms with Crippen LogP contribution < -0.4 is 0 Å². The second-order valence-electron chi connectivity index (χ2n) is 4.39. The molecule has 0 aliphatic heterocycles. The van der Waals surface area contributed by atoms with Crippen molar-refractivity contribution in [2.45, 2.75) is 32.6 Å². The minimum absolute atomic E-state index is 1.16. The largest absolute Gasteiger partial charge is 0.0654 e. The summed E-state index contributed by atoms with van der Waals surface area (Å²) in [5.41, 5.74) is 3.97. The van der Waals surface area contributed by atoms with E-state index in [4.69, 9.17) is 0 Å². The van der Waals surface area contributed by atoms with Crippen LogP contribution >= 0.6 is 0 Å². The molecule has 2 rings (SSSR count). The Balaban J connectivity index is 2.22. The highest BCUT2D eigenvalue weighted by atomic mass is 14.1. The maximum absolute atomic E-state index is 3.38. The molecule has 0 nitrogen and oxygen atoms in total. The Morgan fingerprint density at radius 1 is 0.941 bits per heavy atom. The van der Waals surface area contributed by atoms with Crippen molar-refractivity contribution in [3.8, 4) is 11.1 Å². The van der Waals surface area contributed by atoms with Gasteiger partial charge in [-0.25, -0.2) is 0 Å². The van der Waals surface area contributed by atoms with E-state index in [0.29, 0.717) is 0 Å². The fraction of sp³-hybridized carbons (Fsp3) is 0.294. The van der Waals surface area contributed by atoms with Gasteiger partial charge in [-0.05, 0) is 35.6 Å². The molecule has 2 aromatic rings. The van der Waals surface area contributed by atoms with E-state index in [9.17, 15) is 0 Å². The highest BCUT2D eigenvalue weighted by molar-refractivity contribution is 5.66. The van der Waals surface area contributed by atoms with Crippen molar-refractivity contribution in [2.75, 3.05) is 0 Å². The van der Waals surface area contributed by atoms with Gasteiger partial charge in [0.1, 0.15) is 0 Å². The van der Waals surface area contributed by atoms with Gasteiger partial charge in [0.2, 0.25) is 0 Å². The molecular weight excluding hydrogens is 204 g/mol. The zero-order valence-electron chi connectivity index (χ0n) is 10.4. The third-order valence-corrected chi connectivity index (χ3v) is 3.05. The summed E-state index contributed by atoms with van der Waals surface area (Å²) in [7, 11) is 0. The zero-order chi connectivity index (χ0) is 11.9. The Bertz CT molecular complexity index is 443. The van der Waals surface area contributed by atoms with Crippen molar-refractivity contribution in [1.82, 2.24) is 0 Å². The quantitative estimate of drug-likeness (QED) is 0.633. The van der Waals surface area contributed by atoms with E-state index >= 15 is 0 Å². The maximum Gasteiger partial charge on any atom is -0.00731 e. The van der Waals surface area contributed by atoms with Gasteiger partial charge in [0.05, 0.1) is 0 Å². The van der Waals surface area contributed by atoms with E-state index in [0.717, 1.165) is 6.42 Å². The first-order chi connectivity index (χ1) is 8.42. The van der Waals surface area contributed by atoms with E-state index in [1.807, 2.05) is 6.07 Å². The predicted octanol–water partition coefficient (Wildman–Crippen LogP) is 4.89. The molecule has 0 fully saturated rings. The lowest BCUT2D eigenvalue weighted by Crippen LogP contribution is -1.90. The molecular formula is C17H19. The monoisotopic (exact) mass is 223 g/mol. The van der Waals surface area contributed by atoms with E-state index in [1.54, 1.807) is 0 Å². The number of hydrogen-bond acceptors (Lipinski definition) is 0. The Hall–Kier alpha value is -1.56. The Labute approximate surface area is 104 Å². The van der Waals surface area contributed by atoms with Gasteiger partial charge in [-0.15, -0.1) is 0 Å². The Morgan fingerprint density at radius 2 is 1.76 bits per heavy atom. The Kier molecular flexibility index (Phi) is 4.37. The van der Waals surface area contributed by atoms with Crippen molar-refractivity contribution >= 4 is 0 Å². The van der Waals surface area contributed by atoms with Crippen LogP contribution in [0.25, 0.3) is 11.1 Å². The number of rotatable bonds is 5. The Morgan fingerprint density at radius 3 is 2.53 bits per heavy atom. The lowest BCUT2D eigenvalue weighted by molar-refractivity contribution is 0.718. The van der Waals surface area contributed by atoms with Crippen LogP contribution in [0.1, 0.15) is 31.7 Å². The molecule has 87 valence electrons. The number of benzene rings is 2. The number of aryl methyl sites for hydroxylation is 1. The minimum atomic E-state index is 1.16.